The Morgan fingerprint density at radius 1 is 1.40 bits per heavy atom. The first-order valence-corrected chi connectivity index (χ1v) is 7.12. The van der Waals surface area contributed by atoms with Crippen molar-refractivity contribution >= 4 is 28.4 Å². The van der Waals surface area contributed by atoms with Gasteiger partial charge in [-0.3, -0.25) is 9.36 Å². The largest absolute Gasteiger partial charge is 0.351 e. The Kier molecular flexibility index (Phi) is 3.42. The van der Waals surface area contributed by atoms with Crippen molar-refractivity contribution in [2.75, 3.05) is 6.54 Å². The first kappa shape index (κ1) is 12.7. The Morgan fingerprint density at radius 3 is 3.15 bits per heavy atom. The molecule has 3 rings (SSSR count). The lowest BCUT2D eigenvalue weighted by Gasteiger charge is -2.00. The lowest BCUT2D eigenvalue weighted by molar-refractivity contribution is 0.0957. The first-order valence-electron chi connectivity index (χ1n) is 6.31. The first-order chi connectivity index (χ1) is 9.79. The van der Waals surface area contributed by atoms with Crippen molar-refractivity contribution in [3.8, 4) is 5.00 Å². The van der Waals surface area contributed by atoms with Crippen LogP contribution >= 0.6 is 11.3 Å². The Bertz CT molecular complexity index is 748. The fourth-order valence-corrected chi connectivity index (χ4v) is 2.73. The predicted octanol–water partition coefficient (Wildman–Crippen LogP) is 2.02. The number of nitrogens with one attached hydrogen (secondary N) is 1. The molecule has 0 aromatic carbocycles. The molecule has 20 heavy (non-hydrogen) atoms. The van der Waals surface area contributed by atoms with Crippen molar-refractivity contribution in [3.63, 3.8) is 0 Å². The summed E-state index contributed by atoms with van der Waals surface area (Å²) in [5, 5.41) is 3.78. The molecule has 0 bridgehead atoms. The molecule has 0 aliphatic rings. The molecule has 0 atom stereocenters. The third kappa shape index (κ3) is 2.27. The average molecular weight is 287 g/mol. The van der Waals surface area contributed by atoms with Gasteiger partial charge in [-0.25, -0.2) is 15.0 Å². The molecule has 102 valence electrons. The smallest absolute Gasteiger partial charge is 0.261 e. The second-order valence-corrected chi connectivity index (χ2v) is 5.30. The molecular weight excluding hydrogens is 274 g/mol. The zero-order chi connectivity index (χ0) is 13.9. The third-order valence-electron chi connectivity index (χ3n) is 2.80. The van der Waals surface area contributed by atoms with E-state index in [0.29, 0.717) is 11.4 Å². The number of rotatable bonds is 4. The van der Waals surface area contributed by atoms with E-state index in [0.717, 1.165) is 22.6 Å². The minimum Gasteiger partial charge on any atom is -0.351 e. The van der Waals surface area contributed by atoms with Gasteiger partial charge in [0.1, 0.15) is 23.2 Å². The molecule has 7 heteroatoms. The van der Waals surface area contributed by atoms with Gasteiger partial charge < -0.3 is 5.32 Å². The normalized spacial score (nSPS) is 10.8. The zero-order valence-electron chi connectivity index (χ0n) is 10.9. The molecule has 1 N–H and O–H groups in total. The van der Waals surface area contributed by atoms with Crippen molar-refractivity contribution in [2.24, 2.45) is 0 Å². The van der Waals surface area contributed by atoms with E-state index in [4.69, 9.17) is 0 Å². The average Bonchev–Trinajstić information content (AvgIpc) is 3.10. The lowest BCUT2D eigenvalue weighted by atomic mass is 10.4. The molecule has 6 nitrogen and oxygen atoms in total. The van der Waals surface area contributed by atoms with Gasteiger partial charge in [0.05, 0.1) is 11.1 Å². The van der Waals surface area contributed by atoms with E-state index in [2.05, 4.69) is 20.3 Å². The van der Waals surface area contributed by atoms with Crippen LogP contribution in [0.25, 0.3) is 16.2 Å². The van der Waals surface area contributed by atoms with Gasteiger partial charge in [0.25, 0.3) is 5.91 Å². The molecule has 0 unspecified atom stereocenters. The van der Waals surface area contributed by atoms with Crippen LogP contribution in [0.5, 0.6) is 0 Å². The van der Waals surface area contributed by atoms with E-state index >= 15 is 0 Å². The van der Waals surface area contributed by atoms with Gasteiger partial charge in [-0.1, -0.05) is 6.92 Å². The second-order valence-electron chi connectivity index (χ2n) is 4.24. The van der Waals surface area contributed by atoms with Gasteiger partial charge in [-0.2, -0.15) is 0 Å². The van der Waals surface area contributed by atoms with E-state index < -0.39 is 0 Å². The fourth-order valence-electron chi connectivity index (χ4n) is 1.83. The molecule has 3 aromatic heterocycles. The van der Waals surface area contributed by atoms with E-state index in [1.807, 2.05) is 23.6 Å². The van der Waals surface area contributed by atoms with E-state index in [-0.39, 0.29) is 5.91 Å². The summed E-state index contributed by atoms with van der Waals surface area (Å²) in [6.45, 7) is 2.71. The number of aromatic nitrogens is 4. The van der Waals surface area contributed by atoms with Crippen LogP contribution in [0.1, 0.15) is 23.0 Å². The minimum atomic E-state index is -0.0397. The molecular formula is C13H13N5OS. The topological polar surface area (TPSA) is 72.7 Å². The van der Waals surface area contributed by atoms with E-state index in [9.17, 15) is 4.79 Å². The summed E-state index contributed by atoms with van der Waals surface area (Å²) < 4.78 is 1.86. The highest BCUT2D eigenvalue weighted by atomic mass is 32.1. The van der Waals surface area contributed by atoms with E-state index in [1.165, 1.54) is 17.7 Å². The summed E-state index contributed by atoms with van der Waals surface area (Å²) in [6, 6.07) is 3.72. The number of fused-ring (bicyclic) bond motifs is 1. The van der Waals surface area contributed by atoms with Crippen LogP contribution < -0.4 is 5.32 Å². The second kappa shape index (κ2) is 5.38. The highest BCUT2D eigenvalue weighted by molar-refractivity contribution is 7.16. The number of hydrogen-bond acceptors (Lipinski definition) is 5. The molecule has 0 saturated carbocycles. The summed E-state index contributed by atoms with van der Waals surface area (Å²) in [6.07, 6.45) is 5.77. The fraction of sp³-hybridized carbons (Fsp3) is 0.231. The molecule has 3 aromatic rings. The summed E-state index contributed by atoms with van der Waals surface area (Å²) in [4.78, 5) is 25.0. The van der Waals surface area contributed by atoms with Gasteiger partial charge >= 0.3 is 0 Å². The van der Waals surface area contributed by atoms with Gasteiger partial charge in [0, 0.05) is 6.54 Å². The quantitative estimate of drug-likeness (QED) is 0.796. The van der Waals surface area contributed by atoms with Crippen LogP contribution in [0.3, 0.4) is 0 Å². The summed E-state index contributed by atoms with van der Waals surface area (Å²) in [5.41, 5.74) is 1.47. The van der Waals surface area contributed by atoms with Crippen molar-refractivity contribution in [3.05, 3.63) is 35.9 Å². The molecule has 3 heterocycles. The zero-order valence-corrected chi connectivity index (χ0v) is 11.7. The molecule has 1 amide bonds. The summed E-state index contributed by atoms with van der Waals surface area (Å²) in [5.74, 6) is -0.0397. The lowest BCUT2D eigenvalue weighted by Crippen LogP contribution is -2.22. The number of carbonyl (C=O) groups is 1. The molecule has 0 spiro atoms. The van der Waals surface area contributed by atoms with Gasteiger partial charge in [0.15, 0.2) is 5.65 Å². The molecule has 0 fully saturated rings. The number of thiophene rings is 1. The Labute approximate surface area is 119 Å². The monoisotopic (exact) mass is 287 g/mol. The number of hydrogen-bond donors (Lipinski definition) is 1. The van der Waals surface area contributed by atoms with Crippen LogP contribution in [0.15, 0.2) is 31.0 Å². The number of carbonyl (C=O) groups excluding carboxylic acids is 1. The molecule has 0 radical (unpaired) electrons. The SMILES string of the molecule is CCCNC(=O)c1ccc(-n2cnc3cncnc32)s1. The maximum atomic E-state index is 11.9. The highest BCUT2D eigenvalue weighted by Gasteiger charge is 2.12. The van der Waals surface area contributed by atoms with Crippen LogP contribution in [0, 0.1) is 0 Å². The Hall–Kier alpha value is -2.28. The number of amides is 1. The van der Waals surface area contributed by atoms with Crippen molar-refractivity contribution < 1.29 is 4.79 Å². The van der Waals surface area contributed by atoms with Crippen LogP contribution in [-0.2, 0) is 0 Å². The van der Waals surface area contributed by atoms with Gasteiger partial charge in [0.2, 0.25) is 0 Å². The number of imidazole rings is 1. The third-order valence-corrected chi connectivity index (χ3v) is 3.88. The maximum absolute atomic E-state index is 11.9. The Morgan fingerprint density at radius 2 is 2.30 bits per heavy atom. The van der Waals surface area contributed by atoms with Crippen molar-refractivity contribution in [1.29, 1.82) is 0 Å². The van der Waals surface area contributed by atoms with Crippen LogP contribution in [-0.4, -0.2) is 32.0 Å². The van der Waals surface area contributed by atoms with Crippen molar-refractivity contribution in [2.45, 2.75) is 13.3 Å². The Balaban J connectivity index is 1.92. The standard InChI is InChI=1S/C13H13N5OS/c1-2-5-15-13(19)10-3-4-11(20-10)18-8-17-9-6-14-7-16-12(9)18/h3-4,6-8H,2,5H2,1H3,(H,15,19). The van der Waals surface area contributed by atoms with Crippen LogP contribution in [0.2, 0.25) is 0 Å². The van der Waals surface area contributed by atoms with Gasteiger partial charge in [-0.15, -0.1) is 11.3 Å². The molecule has 0 saturated heterocycles. The summed E-state index contributed by atoms with van der Waals surface area (Å²) in [7, 11) is 0. The highest BCUT2D eigenvalue weighted by Crippen LogP contribution is 2.23. The minimum absolute atomic E-state index is 0.0397. The van der Waals surface area contributed by atoms with E-state index in [1.54, 1.807) is 12.5 Å². The van der Waals surface area contributed by atoms with Crippen molar-refractivity contribution in [1.82, 2.24) is 24.8 Å². The maximum Gasteiger partial charge on any atom is 0.261 e. The van der Waals surface area contributed by atoms with Gasteiger partial charge in [-0.05, 0) is 18.6 Å². The number of nitrogens with zero attached hydrogens (tertiary/aromatic N) is 4. The summed E-state index contributed by atoms with van der Waals surface area (Å²) >= 11 is 1.41. The molecule has 0 aliphatic carbocycles. The predicted molar refractivity (Wildman–Crippen MR) is 77.2 cm³/mol. The molecule has 0 aliphatic heterocycles. The van der Waals surface area contributed by atoms with Crippen LogP contribution in [0.4, 0.5) is 0 Å².